The molecule has 0 saturated heterocycles. The number of aryl methyl sites for hydroxylation is 4. The van der Waals surface area contributed by atoms with E-state index in [0.29, 0.717) is 0 Å². The van der Waals surface area contributed by atoms with E-state index in [4.69, 9.17) is 0 Å². The molecule has 0 unspecified atom stereocenters. The van der Waals surface area contributed by atoms with Gasteiger partial charge in [-0.25, -0.2) is 0 Å². The van der Waals surface area contributed by atoms with Crippen LogP contribution in [-0.2, 0) is 40.0 Å². The first-order chi connectivity index (χ1) is 9.31. The van der Waals surface area contributed by atoms with Gasteiger partial charge in [-0.3, -0.25) is 0 Å². The molecule has 0 saturated carbocycles. The molecule has 1 aromatic carbocycles. The maximum atomic E-state index is 2.29. The van der Waals surface area contributed by atoms with Crippen molar-refractivity contribution in [3.05, 3.63) is 51.1 Å². The summed E-state index contributed by atoms with van der Waals surface area (Å²) in [7, 11) is 4.06. The Morgan fingerprint density at radius 2 is 1.60 bits per heavy atom. The summed E-state index contributed by atoms with van der Waals surface area (Å²) in [5.41, 5.74) is 4.12. The summed E-state index contributed by atoms with van der Waals surface area (Å²) >= 11 is 6.85. The Hall–Kier alpha value is 0.538. The average molecular weight is 678 g/mol. The summed E-state index contributed by atoms with van der Waals surface area (Å²) in [6.45, 7) is 5.30. The van der Waals surface area contributed by atoms with Crippen LogP contribution in [0.25, 0.3) is 0 Å². The molecule has 0 radical (unpaired) electrons. The van der Waals surface area contributed by atoms with Gasteiger partial charge in [0, 0.05) is 52.3 Å². The third-order valence-electron chi connectivity index (χ3n) is 2.93. The van der Waals surface area contributed by atoms with E-state index in [1.165, 1.54) is 20.5 Å². The molecule has 114 valence electrons. The summed E-state index contributed by atoms with van der Waals surface area (Å²) < 4.78 is 7.51. The molecule has 0 bridgehead atoms. The SMILES string of the molecule is Cc1ccc(CN(I)I)cc1C.Cn1ccn(C)[c]1=[Pt]. The fourth-order valence-electron chi connectivity index (χ4n) is 1.60. The second kappa shape index (κ2) is 8.85. The summed E-state index contributed by atoms with van der Waals surface area (Å²) in [4.78, 5) is 0. The molecule has 6 heteroatoms. The maximum absolute atomic E-state index is 2.29. The molecule has 0 fully saturated rings. The second-order valence-electron chi connectivity index (χ2n) is 4.64. The topological polar surface area (TPSA) is 13.1 Å². The van der Waals surface area contributed by atoms with Crippen molar-refractivity contribution in [1.82, 2.24) is 10.5 Å². The van der Waals surface area contributed by atoms with Crippen LogP contribution in [0.2, 0.25) is 0 Å². The fraction of sp³-hybridized carbons (Fsp3) is 0.357. The van der Waals surface area contributed by atoms with E-state index in [-0.39, 0.29) is 0 Å². The molecule has 3 nitrogen and oxygen atoms in total. The van der Waals surface area contributed by atoms with E-state index in [2.05, 4.69) is 108 Å². The zero-order valence-electron chi connectivity index (χ0n) is 12.0. The van der Waals surface area contributed by atoms with Crippen LogP contribution in [0.4, 0.5) is 0 Å². The van der Waals surface area contributed by atoms with Gasteiger partial charge in [-0.05, 0) is 30.5 Å². The van der Waals surface area contributed by atoms with Crippen LogP contribution in [0.1, 0.15) is 16.7 Å². The van der Waals surface area contributed by atoms with E-state index in [9.17, 15) is 0 Å². The van der Waals surface area contributed by atoms with Crippen molar-refractivity contribution >= 4 is 45.7 Å². The molecule has 0 amide bonds. The molecule has 0 N–H and O–H groups in total. The van der Waals surface area contributed by atoms with Gasteiger partial charge in [-0.1, -0.05) is 18.2 Å². The number of hydrogen-bond acceptors (Lipinski definition) is 1. The van der Waals surface area contributed by atoms with Crippen molar-refractivity contribution in [1.29, 1.82) is 0 Å². The molecule has 0 aliphatic carbocycles. The zero-order chi connectivity index (χ0) is 15.3. The van der Waals surface area contributed by atoms with Gasteiger partial charge < -0.3 is 0 Å². The summed E-state index contributed by atoms with van der Waals surface area (Å²) in [5, 5.41) is 0. The molecule has 2 rings (SSSR count). The molecule has 1 aromatic heterocycles. The van der Waals surface area contributed by atoms with Gasteiger partial charge in [0.1, 0.15) is 0 Å². The third-order valence-corrected chi connectivity index (χ3v) is 5.21. The van der Waals surface area contributed by atoms with Crippen molar-refractivity contribution < 1.29 is 19.4 Å². The normalized spacial score (nSPS) is 10.4. The van der Waals surface area contributed by atoms with E-state index in [1.54, 1.807) is 0 Å². The van der Waals surface area contributed by atoms with Gasteiger partial charge in [0.05, 0.1) is 0 Å². The van der Waals surface area contributed by atoms with Crippen LogP contribution in [0, 0.1) is 17.7 Å². The molecule has 0 aliphatic heterocycles. The molecule has 0 atom stereocenters. The number of hydrogen-bond donors (Lipinski definition) is 0. The molecular formula is C14H19I2N3Pt. The standard InChI is InChI=1S/C9H11I2N.C5H8N2.Pt/c1-7-3-4-9(5-8(7)2)6-12(10)11;1-6-3-4-7(2)5-6;/h3-5H,6H2,1-2H3;3-4H,1-2H3;. The van der Waals surface area contributed by atoms with Gasteiger partial charge in [0.25, 0.3) is 0 Å². The zero-order valence-corrected chi connectivity index (χ0v) is 18.6. The molecular weight excluding hydrogens is 659 g/mol. The van der Waals surface area contributed by atoms with Crippen molar-refractivity contribution in [3.8, 4) is 0 Å². The van der Waals surface area contributed by atoms with Crippen LogP contribution in [0.15, 0.2) is 30.6 Å². The van der Waals surface area contributed by atoms with Crippen LogP contribution < -0.4 is 0 Å². The number of benzene rings is 1. The monoisotopic (exact) mass is 678 g/mol. The molecule has 1 heterocycles. The van der Waals surface area contributed by atoms with Crippen LogP contribution in [-0.4, -0.2) is 10.5 Å². The Balaban J connectivity index is 0.000000217. The van der Waals surface area contributed by atoms with Gasteiger partial charge in [-0.2, -0.15) is 1.33 Å². The van der Waals surface area contributed by atoms with Crippen LogP contribution >= 0.6 is 45.7 Å². The summed E-state index contributed by atoms with van der Waals surface area (Å²) in [5.74, 6) is 0. The first-order valence-electron chi connectivity index (χ1n) is 6.10. The third kappa shape index (κ3) is 6.11. The Labute approximate surface area is 159 Å². The Kier molecular flexibility index (Phi) is 8.23. The van der Waals surface area contributed by atoms with Gasteiger partial charge in [-0.15, -0.1) is 0 Å². The van der Waals surface area contributed by atoms with Gasteiger partial charge in [0.2, 0.25) is 0 Å². The predicted octanol–water partition coefficient (Wildman–Crippen LogP) is 4.25. The minimum absolute atomic E-state index is 1.00. The Morgan fingerprint density at radius 3 is 1.95 bits per heavy atom. The first-order valence-corrected chi connectivity index (χ1v) is 9.16. The number of imidazole rings is 1. The van der Waals surface area contributed by atoms with Crippen LogP contribution in [0.5, 0.6) is 0 Å². The summed E-state index contributed by atoms with van der Waals surface area (Å²) in [6, 6.07) is 6.62. The molecule has 0 aliphatic rings. The molecule has 0 spiro atoms. The minimum atomic E-state index is 1.00. The van der Waals surface area contributed by atoms with Crippen molar-refractivity contribution in [2.24, 2.45) is 14.1 Å². The number of halogens is 2. The van der Waals surface area contributed by atoms with Crippen molar-refractivity contribution in [2.45, 2.75) is 20.4 Å². The number of rotatable bonds is 2. The Bertz CT molecular complexity index is 595. The fourth-order valence-corrected chi connectivity index (χ4v) is 2.73. The average Bonchev–Trinajstić information content (AvgIpc) is 2.65. The van der Waals surface area contributed by atoms with Crippen molar-refractivity contribution in [2.75, 3.05) is 0 Å². The first kappa shape index (κ1) is 18.6. The van der Waals surface area contributed by atoms with E-state index in [0.717, 1.165) is 6.54 Å². The van der Waals surface area contributed by atoms with E-state index >= 15 is 0 Å². The molecule has 20 heavy (non-hydrogen) atoms. The van der Waals surface area contributed by atoms with E-state index < -0.39 is 0 Å². The number of nitrogens with zero attached hydrogens (tertiary/aromatic N) is 3. The van der Waals surface area contributed by atoms with Crippen LogP contribution in [0.3, 0.4) is 0 Å². The quantitative estimate of drug-likeness (QED) is 0.343. The molecule has 2 aromatic rings. The van der Waals surface area contributed by atoms with Crippen molar-refractivity contribution in [3.63, 3.8) is 0 Å². The van der Waals surface area contributed by atoms with E-state index in [1.807, 2.05) is 26.5 Å². The van der Waals surface area contributed by atoms with Gasteiger partial charge in [0.15, 0.2) is 0 Å². The van der Waals surface area contributed by atoms with Gasteiger partial charge >= 0.3 is 58.8 Å². The second-order valence-corrected chi connectivity index (χ2v) is 9.83. The Morgan fingerprint density at radius 1 is 1.05 bits per heavy atom. The predicted molar refractivity (Wildman–Crippen MR) is 97.1 cm³/mol. The summed E-state index contributed by atoms with van der Waals surface area (Å²) in [6.07, 6.45) is 4.06. The number of aromatic nitrogens is 2.